The number of pyridine rings is 1. The maximum Gasteiger partial charge on any atom is 0.435 e. The molecule has 0 spiro atoms. The third-order valence-electron chi connectivity index (χ3n) is 1.76. The second-order valence-electron chi connectivity index (χ2n) is 4.67. The van der Waals surface area contributed by atoms with Crippen LogP contribution in [0.2, 0.25) is 0 Å². The predicted octanol–water partition coefficient (Wildman–Crippen LogP) is 4.21. The van der Waals surface area contributed by atoms with Crippen LogP contribution in [-0.2, 0) is 10.9 Å². The fourth-order valence-electron chi connectivity index (χ4n) is 1.17. The highest BCUT2D eigenvalue weighted by Crippen LogP contribution is 2.34. The van der Waals surface area contributed by atoms with E-state index in [0.717, 1.165) is 12.3 Å². The Morgan fingerprint density at radius 3 is 2.42 bits per heavy atom. The molecule has 1 N–H and O–H groups in total. The Balaban J connectivity index is 3.00. The Morgan fingerprint density at radius 2 is 1.95 bits per heavy atom. The van der Waals surface area contributed by atoms with Gasteiger partial charge in [-0.2, -0.15) is 13.2 Å². The molecular formula is C11H12BrF3N2O2. The van der Waals surface area contributed by atoms with E-state index in [-0.39, 0.29) is 0 Å². The quantitative estimate of drug-likeness (QED) is 0.833. The number of ether oxygens (including phenoxy) is 1. The number of rotatable bonds is 1. The van der Waals surface area contributed by atoms with E-state index in [1.165, 1.54) is 0 Å². The van der Waals surface area contributed by atoms with Gasteiger partial charge in [0.1, 0.15) is 5.60 Å². The summed E-state index contributed by atoms with van der Waals surface area (Å²) >= 11 is 2.99. The molecule has 0 saturated carbocycles. The molecule has 0 unspecified atom stereocenters. The third-order valence-corrected chi connectivity index (χ3v) is 2.19. The predicted molar refractivity (Wildman–Crippen MR) is 66.8 cm³/mol. The molecule has 1 rings (SSSR count). The zero-order chi connectivity index (χ0) is 14.8. The van der Waals surface area contributed by atoms with Crippen molar-refractivity contribution in [2.45, 2.75) is 32.5 Å². The van der Waals surface area contributed by atoms with Gasteiger partial charge < -0.3 is 4.74 Å². The summed E-state index contributed by atoms with van der Waals surface area (Å²) < 4.78 is 43.3. The number of nitrogens with zero attached hydrogens (tertiary/aromatic N) is 1. The van der Waals surface area contributed by atoms with Gasteiger partial charge in [-0.25, -0.2) is 9.78 Å². The molecular weight excluding hydrogens is 329 g/mol. The number of amides is 1. The number of nitrogens with one attached hydrogen (secondary N) is 1. The van der Waals surface area contributed by atoms with Crippen molar-refractivity contribution in [3.8, 4) is 0 Å². The van der Waals surface area contributed by atoms with Crippen molar-refractivity contribution in [1.82, 2.24) is 4.98 Å². The number of halogens is 4. The Kier molecular flexibility index (Phi) is 4.44. The van der Waals surface area contributed by atoms with E-state index in [4.69, 9.17) is 4.74 Å². The second kappa shape index (κ2) is 5.36. The first-order chi connectivity index (χ1) is 8.49. The summed E-state index contributed by atoms with van der Waals surface area (Å²) in [6, 6.07) is 1.11. The molecule has 0 fully saturated rings. The van der Waals surface area contributed by atoms with Crippen LogP contribution < -0.4 is 5.32 Å². The Hall–Kier alpha value is -1.31. The molecule has 0 aliphatic carbocycles. The van der Waals surface area contributed by atoms with Crippen LogP contribution in [-0.4, -0.2) is 16.7 Å². The fraction of sp³-hybridized carbons (Fsp3) is 0.455. The van der Waals surface area contributed by atoms with E-state index in [1.54, 1.807) is 20.8 Å². The Bertz CT molecular complexity index is 484. The summed E-state index contributed by atoms with van der Waals surface area (Å²) in [5.74, 6) is 0. The van der Waals surface area contributed by atoms with Crippen molar-refractivity contribution >= 4 is 27.7 Å². The van der Waals surface area contributed by atoms with Gasteiger partial charge in [0.2, 0.25) is 0 Å². The summed E-state index contributed by atoms with van der Waals surface area (Å²) in [6.07, 6.45) is -4.63. The Morgan fingerprint density at radius 1 is 1.37 bits per heavy atom. The lowest BCUT2D eigenvalue weighted by atomic mass is 10.2. The van der Waals surface area contributed by atoms with Crippen molar-refractivity contribution in [2.75, 3.05) is 5.32 Å². The van der Waals surface area contributed by atoms with Crippen molar-refractivity contribution < 1.29 is 22.7 Å². The van der Waals surface area contributed by atoms with E-state index in [2.05, 4.69) is 20.9 Å². The highest BCUT2D eigenvalue weighted by molar-refractivity contribution is 9.10. The number of carbonyl (C=O) groups excluding carboxylic acids is 1. The average molecular weight is 341 g/mol. The minimum Gasteiger partial charge on any atom is -0.444 e. The molecule has 0 bridgehead atoms. The monoisotopic (exact) mass is 340 g/mol. The van der Waals surface area contributed by atoms with E-state index in [9.17, 15) is 18.0 Å². The molecule has 0 aliphatic rings. The summed E-state index contributed by atoms with van der Waals surface area (Å²) in [4.78, 5) is 14.7. The molecule has 1 amide bonds. The number of carbonyl (C=O) groups is 1. The van der Waals surface area contributed by atoms with Gasteiger partial charge in [0.15, 0.2) is 5.69 Å². The van der Waals surface area contributed by atoms with Crippen LogP contribution in [0.5, 0.6) is 0 Å². The largest absolute Gasteiger partial charge is 0.444 e. The van der Waals surface area contributed by atoms with Gasteiger partial charge in [-0.05, 0) is 42.8 Å². The van der Waals surface area contributed by atoms with Gasteiger partial charge in [-0.15, -0.1) is 0 Å². The number of hydrogen-bond acceptors (Lipinski definition) is 3. The van der Waals surface area contributed by atoms with E-state index in [0.29, 0.717) is 4.47 Å². The average Bonchev–Trinajstić information content (AvgIpc) is 2.11. The summed E-state index contributed by atoms with van der Waals surface area (Å²) in [5.41, 5.74) is -2.44. The van der Waals surface area contributed by atoms with Crippen LogP contribution in [0.4, 0.5) is 23.7 Å². The summed E-state index contributed by atoms with van der Waals surface area (Å²) in [7, 11) is 0. The molecule has 0 aliphatic heterocycles. The van der Waals surface area contributed by atoms with Gasteiger partial charge in [0, 0.05) is 10.7 Å². The number of hydrogen-bond donors (Lipinski definition) is 1. The fourth-order valence-corrected chi connectivity index (χ4v) is 1.51. The van der Waals surface area contributed by atoms with Gasteiger partial charge in [-0.3, -0.25) is 5.32 Å². The normalized spacial score (nSPS) is 12.2. The van der Waals surface area contributed by atoms with Crippen LogP contribution >= 0.6 is 15.9 Å². The zero-order valence-electron chi connectivity index (χ0n) is 10.4. The van der Waals surface area contributed by atoms with Crippen LogP contribution in [0, 0.1) is 0 Å². The number of aromatic nitrogens is 1. The molecule has 4 nitrogen and oxygen atoms in total. The standard InChI is InChI=1S/C11H12BrF3N2O2/c1-10(2,3)19-9(18)17-7-4-6(12)5-16-8(7)11(13,14)15/h4-5H,1-3H3,(H,17,18). The van der Waals surface area contributed by atoms with Crippen molar-refractivity contribution in [2.24, 2.45) is 0 Å². The minimum absolute atomic E-state index is 0.312. The van der Waals surface area contributed by atoms with E-state index >= 15 is 0 Å². The molecule has 0 aromatic carbocycles. The van der Waals surface area contributed by atoms with Gasteiger partial charge in [0.25, 0.3) is 0 Å². The van der Waals surface area contributed by atoms with Crippen LogP contribution in [0.25, 0.3) is 0 Å². The lowest BCUT2D eigenvalue weighted by molar-refractivity contribution is -0.140. The minimum atomic E-state index is -4.66. The maximum atomic E-state index is 12.7. The van der Waals surface area contributed by atoms with Crippen molar-refractivity contribution in [1.29, 1.82) is 0 Å². The number of alkyl halides is 3. The topological polar surface area (TPSA) is 51.2 Å². The highest BCUT2D eigenvalue weighted by atomic mass is 79.9. The molecule has 19 heavy (non-hydrogen) atoms. The maximum absolute atomic E-state index is 12.7. The lowest BCUT2D eigenvalue weighted by Gasteiger charge is -2.20. The summed E-state index contributed by atoms with van der Waals surface area (Å²) in [5, 5.41) is 2.04. The first kappa shape index (κ1) is 15.7. The molecule has 1 heterocycles. The van der Waals surface area contributed by atoms with Crippen molar-refractivity contribution in [3.05, 3.63) is 22.4 Å². The van der Waals surface area contributed by atoms with Crippen LogP contribution in [0.3, 0.4) is 0 Å². The smallest absolute Gasteiger partial charge is 0.435 e. The molecule has 106 valence electrons. The first-order valence-electron chi connectivity index (χ1n) is 5.22. The van der Waals surface area contributed by atoms with Crippen LogP contribution in [0.1, 0.15) is 26.5 Å². The first-order valence-corrected chi connectivity index (χ1v) is 6.01. The molecule has 0 radical (unpaired) electrons. The third kappa shape index (κ3) is 5.06. The van der Waals surface area contributed by atoms with Gasteiger partial charge >= 0.3 is 12.3 Å². The number of anilines is 1. The lowest BCUT2D eigenvalue weighted by Crippen LogP contribution is -2.28. The molecule has 0 saturated heterocycles. The van der Waals surface area contributed by atoms with Gasteiger partial charge in [0.05, 0.1) is 5.69 Å². The van der Waals surface area contributed by atoms with Crippen LogP contribution in [0.15, 0.2) is 16.7 Å². The van der Waals surface area contributed by atoms with Gasteiger partial charge in [-0.1, -0.05) is 0 Å². The van der Waals surface area contributed by atoms with E-state index < -0.39 is 29.3 Å². The van der Waals surface area contributed by atoms with E-state index in [1.807, 2.05) is 5.32 Å². The second-order valence-corrected chi connectivity index (χ2v) is 5.59. The summed E-state index contributed by atoms with van der Waals surface area (Å²) in [6.45, 7) is 4.82. The zero-order valence-corrected chi connectivity index (χ0v) is 12.0. The molecule has 1 aromatic heterocycles. The molecule has 8 heteroatoms. The molecule has 0 atom stereocenters. The SMILES string of the molecule is CC(C)(C)OC(=O)Nc1cc(Br)cnc1C(F)(F)F. The highest BCUT2D eigenvalue weighted by Gasteiger charge is 2.36. The molecule has 1 aromatic rings. The Labute approximate surface area is 116 Å². The van der Waals surface area contributed by atoms with Crippen molar-refractivity contribution in [3.63, 3.8) is 0 Å².